The number of pyridine rings is 1. The van der Waals surface area contributed by atoms with Crippen LogP contribution in [0.2, 0.25) is 0 Å². The van der Waals surface area contributed by atoms with Crippen molar-refractivity contribution in [2.24, 2.45) is 5.92 Å². The van der Waals surface area contributed by atoms with Crippen molar-refractivity contribution >= 4 is 15.8 Å². The first-order valence-corrected chi connectivity index (χ1v) is 9.22. The lowest BCUT2D eigenvalue weighted by molar-refractivity contribution is 0.327. The number of nitrogens with one attached hydrogen (secondary N) is 2. The molecule has 0 saturated heterocycles. The molecule has 1 aliphatic rings. The summed E-state index contributed by atoms with van der Waals surface area (Å²) in [4.78, 5) is 4.40. The summed E-state index contributed by atoms with van der Waals surface area (Å²) < 4.78 is 27.5. The van der Waals surface area contributed by atoms with E-state index in [1.54, 1.807) is 12.1 Å². The minimum absolute atomic E-state index is 0.0524. The van der Waals surface area contributed by atoms with E-state index in [1.165, 1.54) is 12.6 Å². The molecule has 0 radical (unpaired) electrons. The van der Waals surface area contributed by atoms with Crippen LogP contribution in [-0.2, 0) is 10.0 Å². The number of sulfonamides is 1. The molecule has 0 amide bonds. The van der Waals surface area contributed by atoms with Crippen molar-refractivity contribution in [3.63, 3.8) is 0 Å². The molecule has 2 unspecified atom stereocenters. The molecule has 0 bridgehead atoms. The lowest BCUT2D eigenvalue weighted by atomic mass is 9.88. The first-order chi connectivity index (χ1) is 10.0. The maximum absolute atomic E-state index is 12.4. The molecule has 5 nitrogen and oxygen atoms in total. The van der Waals surface area contributed by atoms with Gasteiger partial charge in [0.25, 0.3) is 0 Å². The number of anilines is 1. The van der Waals surface area contributed by atoms with Crippen LogP contribution in [0.15, 0.2) is 23.2 Å². The summed E-state index contributed by atoms with van der Waals surface area (Å²) in [6, 6.07) is 3.38. The maximum Gasteiger partial charge on any atom is 0.242 e. The van der Waals surface area contributed by atoms with E-state index < -0.39 is 10.0 Å². The predicted octanol–water partition coefficient (Wildman–Crippen LogP) is 2.76. The minimum Gasteiger partial charge on any atom is -0.370 e. The van der Waals surface area contributed by atoms with Gasteiger partial charge in [-0.1, -0.05) is 26.7 Å². The molecule has 0 aliphatic heterocycles. The first kappa shape index (κ1) is 16.2. The first-order valence-electron chi connectivity index (χ1n) is 7.73. The molecule has 1 fully saturated rings. The van der Waals surface area contributed by atoms with E-state index in [-0.39, 0.29) is 10.9 Å². The van der Waals surface area contributed by atoms with Gasteiger partial charge in [-0.2, -0.15) is 0 Å². The molecule has 1 aliphatic carbocycles. The van der Waals surface area contributed by atoms with Gasteiger partial charge in [0.05, 0.1) is 0 Å². The number of hydrogen-bond acceptors (Lipinski definition) is 4. The van der Waals surface area contributed by atoms with Crippen LogP contribution < -0.4 is 10.0 Å². The fourth-order valence-corrected chi connectivity index (χ4v) is 3.95. The normalized spacial score (nSPS) is 23.0. The van der Waals surface area contributed by atoms with Crippen LogP contribution >= 0.6 is 0 Å². The lowest BCUT2D eigenvalue weighted by Gasteiger charge is -2.27. The standard InChI is InChI=1S/C15H25N3O2S/c1-3-9-16-15-8-7-14(11-17-15)21(19,20)18-13-6-4-5-12(2)10-13/h7-8,11-13,18H,3-6,9-10H2,1-2H3,(H,16,17). The van der Waals surface area contributed by atoms with E-state index in [0.29, 0.717) is 11.7 Å². The maximum atomic E-state index is 12.4. The van der Waals surface area contributed by atoms with Crippen LogP contribution in [0.25, 0.3) is 0 Å². The fourth-order valence-electron chi connectivity index (χ4n) is 2.73. The van der Waals surface area contributed by atoms with E-state index in [2.05, 4.69) is 28.9 Å². The van der Waals surface area contributed by atoms with Gasteiger partial charge in [0.15, 0.2) is 0 Å². The number of hydrogen-bond donors (Lipinski definition) is 2. The van der Waals surface area contributed by atoms with E-state index in [9.17, 15) is 8.42 Å². The SMILES string of the molecule is CCCNc1ccc(S(=O)(=O)NC2CCCC(C)C2)cn1. The Morgan fingerprint density at radius 3 is 2.76 bits per heavy atom. The Bertz CT molecular complexity index is 543. The molecule has 118 valence electrons. The topological polar surface area (TPSA) is 71.1 Å². The predicted molar refractivity (Wildman–Crippen MR) is 84.8 cm³/mol. The highest BCUT2D eigenvalue weighted by Gasteiger charge is 2.24. The third-order valence-corrected chi connectivity index (χ3v) is 5.37. The Kier molecular flexibility index (Phi) is 5.58. The number of rotatable bonds is 6. The zero-order valence-electron chi connectivity index (χ0n) is 12.8. The highest BCUT2D eigenvalue weighted by molar-refractivity contribution is 7.89. The van der Waals surface area contributed by atoms with E-state index in [1.807, 2.05) is 0 Å². The molecule has 0 spiro atoms. The fraction of sp³-hybridized carbons (Fsp3) is 0.667. The Morgan fingerprint density at radius 1 is 1.33 bits per heavy atom. The van der Waals surface area contributed by atoms with Gasteiger partial charge in [-0.25, -0.2) is 18.1 Å². The molecule has 1 aromatic heterocycles. The van der Waals surface area contributed by atoms with Crippen LogP contribution in [0.3, 0.4) is 0 Å². The van der Waals surface area contributed by atoms with Gasteiger partial charge in [-0.3, -0.25) is 0 Å². The van der Waals surface area contributed by atoms with Gasteiger partial charge in [0.1, 0.15) is 10.7 Å². The van der Waals surface area contributed by atoms with Crippen LogP contribution in [0, 0.1) is 5.92 Å². The average Bonchev–Trinajstić information content (AvgIpc) is 2.45. The molecule has 21 heavy (non-hydrogen) atoms. The summed E-state index contributed by atoms with van der Waals surface area (Å²) in [6.45, 7) is 5.08. The monoisotopic (exact) mass is 311 g/mol. The summed E-state index contributed by atoms with van der Waals surface area (Å²) in [5.41, 5.74) is 0. The second kappa shape index (κ2) is 7.22. The average molecular weight is 311 g/mol. The van der Waals surface area contributed by atoms with Crippen molar-refractivity contribution in [2.75, 3.05) is 11.9 Å². The molecule has 1 saturated carbocycles. The summed E-state index contributed by atoms with van der Waals surface area (Å²) in [7, 11) is -3.46. The molecule has 6 heteroatoms. The van der Waals surface area contributed by atoms with Gasteiger partial charge in [-0.15, -0.1) is 0 Å². The van der Waals surface area contributed by atoms with Crippen molar-refractivity contribution in [1.29, 1.82) is 0 Å². The Balaban J connectivity index is 2.01. The highest BCUT2D eigenvalue weighted by Crippen LogP contribution is 2.24. The van der Waals surface area contributed by atoms with E-state index in [4.69, 9.17) is 0 Å². The summed E-state index contributed by atoms with van der Waals surface area (Å²) in [6.07, 6.45) is 6.55. The number of aromatic nitrogens is 1. The van der Waals surface area contributed by atoms with Crippen LogP contribution in [0.5, 0.6) is 0 Å². The second-order valence-corrected chi connectivity index (χ2v) is 7.61. The van der Waals surface area contributed by atoms with Gasteiger partial charge >= 0.3 is 0 Å². The largest absolute Gasteiger partial charge is 0.370 e. The van der Waals surface area contributed by atoms with Gasteiger partial charge in [-0.05, 0) is 37.3 Å². The zero-order chi connectivity index (χ0) is 15.3. The Hall–Kier alpha value is -1.14. The second-order valence-electron chi connectivity index (χ2n) is 5.90. The van der Waals surface area contributed by atoms with Crippen molar-refractivity contribution < 1.29 is 8.42 Å². The third-order valence-electron chi connectivity index (χ3n) is 3.86. The van der Waals surface area contributed by atoms with Crippen molar-refractivity contribution in [1.82, 2.24) is 9.71 Å². The zero-order valence-corrected chi connectivity index (χ0v) is 13.6. The molecular weight excluding hydrogens is 286 g/mol. The quantitative estimate of drug-likeness (QED) is 0.847. The van der Waals surface area contributed by atoms with Gasteiger partial charge < -0.3 is 5.32 Å². The Labute approximate surface area is 127 Å². The van der Waals surface area contributed by atoms with Crippen LogP contribution in [-0.4, -0.2) is 26.0 Å². The van der Waals surface area contributed by atoms with Crippen molar-refractivity contribution in [3.8, 4) is 0 Å². The number of nitrogens with zero attached hydrogens (tertiary/aromatic N) is 1. The lowest BCUT2D eigenvalue weighted by Crippen LogP contribution is -2.37. The smallest absolute Gasteiger partial charge is 0.242 e. The molecule has 2 rings (SSSR count). The molecule has 2 N–H and O–H groups in total. The minimum atomic E-state index is -3.46. The molecule has 1 aromatic rings. The van der Waals surface area contributed by atoms with Crippen molar-refractivity contribution in [2.45, 2.75) is 56.9 Å². The van der Waals surface area contributed by atoms with Gasteiger partial charge in [0, 0.05) is 18.8 Å². The van der Waals surface area contributed by atoms with E-state index >= 15 is 0 Å². The third kappa shape index (κ3) is 4.68. The molecule has 2 atom stereocenters. The van der Waals surface area contributed by atoms with Crippen LogP contribution in [0.4, 0.5) is 5.82 Å². The summed E-state index contributed by atoms with van der Waals surface area (Å²) >= 11 is 0. The van der Waals surface area contributed by atoms with E-state index in [0.717, 1.165) is 32.2 Å². The van der Waals surface area contributed by atoms with Crippen LogP contribution in [0.1, 0.15) is 46.0 Å². The van der Waals surface area contributed by atoms with Gasteiger partial charge in [0.2, 0.25) is 10.0 Å². The molecule has 1 heterocycles. The summed E-state index contributed by atoms with van der Waals surface area (Å²) in [5, 5.41) is 3.13. The summed E-state index contributed by atoms with van der Waals surface area (Å²) in [5.74, 6) is 1.30. The highest BCUT2D eigenvalue weighted by atomic mass is 32.2. The Morgan fingerprint density at radius 2 is 2.14 bits per heavy atom. The van der Waals surface area contributed by atoms with Crippen molar-refractivity contribution in [3.05, 3.63) is 18.3 Å². The molecular formula is C15H25N3O2S. The molecule has 0 aromatic carbocycles.